The number of aromatic nitrogens is 1. The van der Waals surface area contributed by atoms with E-state index in [-0.39, 0.29) is 18.1 Å². The Labute approximate surface area is 207 Å². The molecule has 1 aliphatic rings. The van der Waals surface area contributed by atoms with E-state index < -0.39 is 0 Å². The van der Waals surface area contributed by atoms with Gasteiger partial charge in [-0.3, -0.25) is 4.98 Å². The standard InChI is InChI=1S/C25H29BrN6O2/c1-17-16-23(21-4-2-3-5-22(21)28-17)31-24(33)27-12-15-32-13-10-20(11-14-32)30-25(34)29-19-8-6-18(26)7-9-19/h2-9,16,20H,10-15H2,1H3,(H2,29,30,34)(H2,27,28,31,33). The summed E-state index contributed by atoms with van der Waals surface area (Å²) in [5.41, 5.74) is 3.24. The summed E-state index contributed by atoms with van der Waals surface area (Å²) in [5, 5.41) is 12.7. The Bertz CT molecular complexity index is 1150. The number of likely N-dealkylation sites (tertiary alicyclic amines) is 1. The zero-order valence-corrected chi connectivity index (χ0v) is 20.7. The molecule has 4 amide bonds. The number of carbonyl (C=O) groups excluding carboxylic acids is 2. The number of rotatable bonds is 6. The number of amides is 4. The largest absolute Gasteiger partial charge is 0.337 e. The highest BCUT2D eigenvalue weighted by Crippen LogP contribution is 2.22. The molecule has 1 fully saturated rings. The molecule has 0 atom stereocenters. The molecule has 2 heterocycles. The van der Waals surface area contributed by atoms with Crippen molar-refractivity contribution < 1.29 is 9.59 Å². The van der Waals surface area contributed by atoms with Gasteiger partial charge in [-0.1, -0.05) is 34.1 Å². The highest BCUT2D eigenvalue weighted by molar-refractivity contribution is 9.10. The highest BCUT2D eigenvalue weighted by Gasteiger charge is 2.20. The Hall–Kier alpha value is -3.17. The van der Waals surface area contributed by atoms with Gasteiger partial charge in [0.1, 0.15) is 0 Å². The van der Waals surface area contributed by atoms with Crippen molar-refractivity contribution in [2.75, 3.05) is 36.8 Å². The van der Waals surface area contributed by atoms with Crippen molar-refractivity contribution in [1.29, 1.82) is 0 Å². The summed E-state index contributed by atoms with van der Waals surface area (Å²) in [6, 6.07) is 16.9. The number of nitrogens with zero attached hydrogens (tertiary/aromatic N) is 2. The summed E-state index contributed by atoms with van der Waals surface area (Å²) in [5.74, 6) is 0. The average molecular weight is 525 g/mol. The van der Waals surface area contributed by atoms with Crippen LogP contribution in [0.3, 0.4) is 0 Å². The fourth-order valence-corrected chi connectivity index (χ4v) is 4.36. The Balaban J connectivity index is 1.16. The first-order chi connectivity index (χ1) is 16.5. The van der Waals surface area contributed by atoms with Gasteiger partial charge in [0.25, 0.3) is 0 Å². The van der Waals surface area contributed by atoms with E-state index in [0.29, 0.717) is 6.54 Å². The molecular formula is C25H29BrN6O2. The second-order valence-electron chi connectivity index (χ2n) is 8.43. The minimum Gasteiger partial charge on any atom is -0.337 e. The number of benzene rings is 2. The molecule has 0 unspecified atom stereocenters. The lowest BCUT2D eigenvalue weighted by Crippen LogP contribution is -2.47. The van der Waals surface area contributed by atoms with Crippen LogP contribution in [-0.4, -0.2) is 54.2 Å². The van der Waals surface area contributed by atoms with Crippen molar-refractivity contribution in [3.8, 4) is 0 Å². The van der Waals surface area contributed by atoms with Gasteiger partial charge < -0.3 is 26.2 Å². The lowest BCUT2D eigenvalue weighted by molar-refractivity contribution is 0.196. The smallest absolute Gasteiger partial charge is 0.319 e. The van der Waals surface area contributed by atoms with Crippen LogP contribution in [-0.2, 0) is 0 Å². The summed E-state index contributed by atoms with van der Waals surface area (Å²) < 4.78 is 0.971. The third-order valence-electron chi connectivity index (χ3n) is 5.83. The maximum absolute atomic E-state index is 12.4. The molecule has 1 saturated heterocycles. The maximum atomic E-state index is 12.4. The molecule has 9 heteroatoms. The molecule has 3 aromatic rings. The molecule has 0 radical (unpaired) electrons. The number of hydrogen-bond donors (Lipinski definition) is 4. The van der Waals surface area contributed by atoms with E-state index in [4.69, 9.17) is 0 Å². The molecular weight excluding hydrogens is 496 g/mol. The van der Waals surface area contributed by atoms with Crippen molar-refractivity contribution in [1.82, 2.24) is 20.5 Å². The number of pyridine rings is 1. The molecule has 0 bridgehead atoms. The van der Waals surface area contributed by atoms with Crippen LogP contribution in [0.25, 0.3) is 10.9 Å². The lowest BCUT2D eigenvalue weighted by atomic mass is 10.1. The van der Waals surface area contributed by atoms with Crippen LogP contribution >= 0.6 is 15.9 Å². The molecule has 4 N–H and O–H groups in total. The van der Waals surface area contributed by atoms with Gasteiger partial charge in [0, 0.05) is 53.5 Å². The van der Waals surface area contributed by atoms with Crippen LogP contribution in [0.15, 0.2) is 59.1 Å². The van der Waals surface area contributed by atoms with Gasteiger partial charge in [-0.25, -0.2) is 9.59 Å². The second-order valence-corrected chi connectivity index (χ2v) is 9.35. The Kier molecular flexibility index (Phi) is 7.97. The first-order valence-electron chi connectivity index (χ1n) is 11.4. The molecule has 1 aromatic heterocycles. The number of para-hydroxylation sites is 1. The molecule has 2 aromatic carbocycles. The quantitative estimate of drug-likeness (QED) is 0.375. The monoisotopic (exact) mass is 524 g/mol. The van der Waals surface area contributed by atoms with E-state index in [1.807, 2.05) is 61.5 Å². The second kappa shape index (κ2) is 11.3. The van der Waals surface area contributed by atoms with Crippen molar-refractivity contribution in [3.63, 3.8) is 0 Å². The van der Waals surface area contributed by atoms with Crippen LogP contribution in [0.1, 0.15) is 18.5 Å². The molecule has 34 heavy (non-hydrogen) atoms. The highest BCUT2D eigenvalue weighted by atomic mass is 79.9. The summed E-state index contributed by atoms with van der Waals surface area (Å²) in [6.07, 6.45) is 1.75. The predicted octanol–water partition coefficient (Wildman–Crippen LogP) is 4.71. The van der Waals surface area contributed by atoms with Crippen LogP contribution in [0.4, 0.5) is 21.0 Å². The summed E-state index contributed by atoms with van der Waals surface area (Å²) >= 11 is 3.39. The molecule has 4 rings (SSSR count). The molecule has 0 saturated carbocycles. The number of fused-ring (bicyclic) bond motifs is 1. The van der Waals surface area contributed by atoms with Gasteiger partial charge in [0.2, 0.25) is 0 Å². The SMILES string of the molecule is Cc1cc(NC(=O)NCCN2CCC(NC(=O)Nc3ccc(Br)cc3)CC2)c2ccccc2n1. The fourth-order valence-electron chi connectivity index (χ4n) is 4.09. The van der Waals surface area contributed by atoms with Crippen molar-refractivity contribution in [3.05, 3.63) is 64.8 Å². The first kappa shape index (κ1) is 24.0. The molecule has 1 aliphatic heterocycles. The van der Waals surface area contributed by atoms with Gasteiger partial charge in [0.15, 0.2) is 0 Å². The van der Waals surface area contributed by atoms with E-state index in [0.717, 1.165) is 64.9 Å². The minimum absolute atomic E-state index is 0.145. The van der Waals surface area contributed by atoms with Gasteiger partial charge in [0.05, 0.1) is 11.2 Å². The Morgan fingerprint density at radius 1 is 1.03 bits per heavy atom. The van der Waals surface area contributed by atoms with E-state index in [9.17, 15) is 9.59 Å². The van der Waals surface area contributed by atoms with E-state index >= 15 is 0 Å². The first-order valence-corrected chi connectivity index (χ1v) is 12.2. The predicted molar refractivity (Wildman–Crippen MR) is 139 cm³/mol. The fraction of sp³-hybridized carbons (Fsp3) is 0.320. The van der Waals surface area contributed by atoms with Crippen LogP contribution in [0.2, 0.25) is 0 Å². The van der Waals surface area contributed by atoms with Crippen molar-refractivity contribution in [2.24, 2.45) is 0 Å². The van der Waals surface area contributed by atoms with Crippen molar-refractivity contribution >= 4 is 50.3 Å². The van der Waals surface area contributed by atoms with Gasteiger partial charge in [-0.2, -0.15) is 0 Å². The van der Waals surface area contributed by atoms with Crippen LogP contribution in [0.5, 0.6) is 0 Å². The topological polar surface area (TPSA) is 98.4 Å². The van der Waals surface area contributed by atoms with Crippen molar-refractivity contribution in [2.45, 2.75) is 25.8 Å². The third-order valence-corrected chi connectivity index (χ3v) is 6.36. The van der Waals surface area contributed by atoms with E-state index in [2.05, 4.69) is 47.1 Å². The zero-order chi connectivity index (χ0) is 23.9. The normalized spacial score (nSPS) is 14.5. The summed E-state index contributed by atoms with van der Waals surface area (Å²) in [7, 11) is 0. The molecule has 0 aliphatic carbocycles. The number of aryl methyl sites for hydroxylation is 1. The number of carbonyl (C=O) groups is 2. The molecule has 178 valence electrons. The Morgan fingerprint density at radius 2 is 1.76 bits per heavy atom. The number of hydrogen-bond acceptors (Lipinski definition) is 4. The number of nitrogens with one attached hydrogen (secondary N) is 4. The van der Waals surface area contributed by atoms with Gasteiger partial charge in [-0.05, 0) is 56.2 Å². The number of halogens is 1. The van der Waals surface area contributed by atoms with Gasteiger partial charge in [-0.15, -0.1) is 0 Å². The van der Waals surface area contributed by atoms with Gasteiger partial charge >= 0.3 is 12.1 Å². The average Bonchev–Trinajstić information content (AvgIpc) is 2.81. The molecule has 8 nitrogen and oxygen atoms in total. The summed E-state index contributed by atoms with van der Waals surface area (Å²) in [6.45, 7) is 4.98. The lowest BCUT2D eigenvalue weighted by Gasteiger charge is -2.32. The van der Waals surface area contributed by atoms with E-state index in [1.165, 1.54) is 0 Å². The molecule has 0 spiro atoms. The third kappa shape index (κ3) is 6.68. The maximum Gasteiger partial charge on any atom is 0.319 e. The van der Waals surface area contributed by atoms with Crippen LogP contribution < -0.4 is 21.3 Å². The minimum atomic E-state index is -0.225. The Morgan fingerprint density at radius 3 is 2.53 bits per heavy atom. The number of anilines is 2. The number of urea groups is 2. The summed E-state index contributed by atoms with van der Waals surface area (Å²) in [4.78, 5) is 31.5. The number of piperidine rings is 1. The van der Waals surface area contributed by atoms with Crippen LogP contribution in [0, 0.1) is 6.92 Å². The van der Waals surface area contributed by atoms with E-state index in [1.54, 1.807) is 0 Å². The zero-order valence-electron chi connectivity index (χ0n) is 19.1.